The normalized spacial score (nSPS) is 11.0. The summed E-state index contributed by atoms with van der Waals surface area (Å²) in [5, 5.41) is 11.7. The van der Waals surface area contributed by atoms with Crippen LogP contribution in [0.25, 0.3) is 0 Å². The van der Waals surface area contributed by atoms with Gasteiger partial charge in [0.15, 0.2) is 5.69 Å². The van der Waals surface area contributed by atoms with Crippen LogP contribution in [-0.4, -0.2) is 25.5 Å². The van der Waals surface area contributed by atoms with Gasteiger partial charge in [-0.3, -0.25) is 14.2 Å². The Morgan fingerprint density at radius 1 is 1.12 bits per heavy atom. The van der Waals surface area contributed by atoms with Crippen LogP contribution in [0.3, 0.4) is 0 Å². The number of nitrogens with zero attached hydrogens (tertiary/aromatic N) is 4. The first-order valence-electron chi connectivity index (χ1n) is 8.06. The minimum Gasteiger partial charge on any atom is -0.321 e. The van der Waals surface area contributed by atoms with Gasteiger partial charge in [0.25, 0.3) is 5.91 Å². The lowest BCUT2D eigenvalue weighted by Gasteiger charge is -2.08. The second kappa shape index (κ2) is 7.36. The Morgan fingerprint density at radius 3 is 2.42 bits per heavy atom. The zero-order valence-corrected chi connectivity index (χ0v) is 18.1. The molecule has 26 heavy (non-hydrogen) atoms. The molecule has 2 heterocycles. The van der Waals surface area contributed by atoms with Crippen LogP contribution >= 0.6 is 31.9 Å². The maximum absolute atomic E-state index is 12.5. The number of rotatable bonds is 4. The summed E-state index contributed by atoms with van der Waals surface area (Å²) < 4.78 is 5.35. The predicted octanol–water partition coefficient (Wildman–Crippen LogP) is 4.37. The first kappa shape index (κ1) is 18.8. The molecule has 0 saturated carbocycles. The molecule has 3 aromatic rings. The van der Waals surface area contributed by atoms with Gasteiger partial charge in [0, 0.05) is 12.7 Å². The third-order valence-corrected chi connectivity index (χ3v) is 6.38. The van der Waals surface area contributed by atoms with Crippen molar-refractivity contribution < 1.29 is 4.79 Å². The van der Waals surface area contributed by atoms with Gasteiger partial charge in [0.2, 0.25) is 0 Å². The van der Waals surface area contributed by atoms with E-state index in [0.717, 1.165) is 32.8 Å². The molecule has 0 fully saturated rings. The number of aryl methyl sites for hydroxylation is 2. The van der Waals surface area contributed by atoms with E-state index in [4.69, 9.17) is 0 Å². The number of nitrogens with one attached hydrogen (secondary N) is 1. The van der Waals surface area contributed by atoms with Crippen molar-refractivity contribution in [3.63, 3.8) is 0 Å². The van der Waals surface area contributed by atoms with E-state index in [0.29, 0.717) is 16.7 Å². The van der Waals surface area contributed by atoms with Crippen molar-refractivity contribution in [3.05, 3.63) is 61.6 Å². The van der Waals surface area contributed by atoms with E-state index in [-0.39, 0.29) is 5.91 Å². The molecule has 1 aromatic carbocycles. The molecule has 0 saturated heterocycles. The van der Waals surface area contributed by atoms with Crippen LogP contribution < -0.4 is 5.32 Å². The van der Waals surface area contributed by atoms with Crippen LogP contribution in [0, 0.1) is 20.8 Å². The maximum Gasteiger partial charge on any atom is 0.277 e. The lowest BCUT2D eigenvalue weighted by molar-refractivity contribution is 0.102. The first-order chi connectivity index (χ1) is 12.3. The molecular formula is C18H19Br2N5O. The van der Waals surface area contributed by atoms with Crippen molar-refractivity contribution in [3.8, 4) is 0 Å². The van der Waals surface area contributed by atoms with E-state index >= 15 is 0 Å². The Morgan fingerprint density at radius 2 is 1.85 bits per heavy atom. The molecular weight excluding hydrogens is 462 g/mol. The average Bonchev–Trinajstić information content (AvgIpc) is 3.00. The fourth-order valence-electron chi connectivity index (χ4n) is 2.67. The number of carbonyl (C=O) groups is 1. The molecule has 0 spiro atoms. The highest BCUT2D eigenvalue weighted by atomic mass is 79.9. The highest BCUT2D eigenvalue weighted by molar-refractivity contribution is 9.10. The molecule has 0 bridgehead atoms. The summed E-state index contributed by atoms with van der Waals surface area (Å²) in [6.07, 6.45) is 0. The van der Waals surface area contributed by atoms with Gasteiger partial charge in [-0.1, -0.05) is 12.1 Å². The van der Waals surface area contributed by atoms with Gasteiger partial charge in [-0.15, -0.1) is 0 Å². The van der Waals surface area contributed by atoms with Crippen molar-refractivity contribution in [1.82, 2.24) is 19.6 Å². The largest absolute Gasteiger partial charge is 0.321 e. The summed E-state index contributed by atoms with van der Waals surface area (Å²) in [6.45, 7) is 6.53. The molecule has 0 radical (unpaired) electrons. The molecule has 1 N–H and O–H groups in total. The van der Waals surface area contributed by atoms with Gasteiger partial charge >= 0.3 is 0 Å². The van der Waals surface area contributed by atoms with Crippen LogP contribution in [0.2, 0.25) is 0 Å². The van der Waals surface area contributed by atoms with Crippen LogP contribution in [0.4, 0.5) is 5.69 Å². The van der Waals surface area contributed by atoms with E-state index in [1.165, 1.54) is 0 Å². The van der Waals surface area contributed by atoms with Crippen molar-refractivity contribution in [2.24, 2.45) is 7.05 Å². The number of benzene rings is 1. The molecule has 0 aliphatic rings. The Hall–Kier alpha value is -1.93. The molecule has 136 valence electrons. The molecule has 0 atom stereocenters. The number of amides is 1. The topological polar surface area (TPSA) is 64.7 Å². The quantitative estimate of drug-likeness (QED) is 0.603. The Labute approximate surface area is 168 Å². The van der Waals surface area contributed by atoms with Crippen LogP contribution in [-0.2, 0) is 13.6 Å². The van der Waals surface area contributed by atoms with Gasteiger partial charge in [-0.25, -0.2) is 0 Å². The number of halogens is 2. The molecule has 0 aliphatic carbocycles. The molecule has 0 unspecified atom stereocenters. The molecule has 8 heteroatoms. The number of hydrogen-bond donors (Lipinski definition) is 1. The van der Waals surface area contributed by atoms with Gasteiger partial charge < -0.3 is 5.32 Å². The third kappa shape index (κ3) is 3.61. The number of anilines is 1. The Bertz CT molecular complexity index is 990. The summed E-state index contributed by atoms with van der Waals surface area (Å²) in [4.78, 5) is 12.5. The van der Waals surface area contributed by atoms with Gasteiger partial charge in [0.05, 0.1) is 32.6 Å². The van der Waals surface area contributed by atoms with Crippen molar-refractivity contribution in [2.45, 2.75) is 27.3 Å². The van der Waals surface area contributed by atoms with Crippen molar-refractivity contribution in [2.75, 3.05) is 5.32 Å². The smallest absolute Gasteiger partial charge is 0.277 e. The second-order valence-corrected chi connectivity index (χ2v) is 7.75. The van der Waals surface area contributed by atoms with Gasteiger partial charge in [-0.2, -0.15) is 10.2 Å². The van der Waals surface area contributed by atoms with Crippen LogP contribution in [0.15, 0.2) is 33.2 Å². The number of hydrogen-bond acceptors (Lipinski definition) is 3. The highest BCUT2D eigenvalue weighted by Crippen LogP contribution is 2.23. The predicted molar refractivity (Wildman–Crippen MR) is 109 cm³/mol. The lowest BCUT2D eigenvalue weighted by atomic mass is 10.2. The van der Waals surface area contributed by atoms with Gasteiger partial charge in [-0.05, 0) is 70.3 Å². The Kier molecular flexibility index (Phi) is 5.34. The molecule has 3 rings (SSSR count). The highest BCUT2D eigenvalue weighted by Gasteiger charge is 2.18. The zero-order chi connectivity index (χ0) is 19.0. The lowest BCUT2D eigenvalue weighted by Crippen LogP contribution is -2.14. The zero-order valence-electron chi connectivity index (χ0n) is 15.0. The summed E-state index contributed by atoms with van der Waals surface area (Å²) >= 11 is 6.98. The van der Waals surface area contributed by atoms with E-state index in [1.54, 1.807) is 4.68 Å². The SMILES string of the molecule is Cc1nn(Cc2cccc(NC(=O)c3nn(C)c(C)c3Br)c2)c(C)c1Br. The summed E-state index contributed by atoms with van der Waals surface area (Å²) in [7, 11) is 1.81. The van der Waals surface area contributed by atoms with Gasteiger partial charge in [0.1, 0.15) is 0 Å². The fraction of sp³-hybridized carbons (Fsp3) is 0.278. The average molecular weight is 481 g/mol. The minimum absolute atomic E-state index is 0.244. The van der Waals surface area contributed by atoms with Crippen molar-refractivity contribution in [1.29, 1.82) is 0 Å². The maximum atomic E-state index is 12.5. The number of aromatic nitrogens is 4. The summed E-state index contributed by atoms with van der Waals surface area (Å²) in [5.74, 6) is -0.244. The fourth-order valence-corrected chi connectivity index (χ4v) is 3.47. The molecule has 1 amide bonds. The summed E-state index contributed by atoms with van der Waals surface area (Å²) in [5.41, 5.74) is 5.09. The first-order valence-corrected chi connectivity index (χ1v) is 9.65. The molecule has 0 aliphatic heterocycles. The van der Waals surface area contributed by atoms with Crippen LogP contribution in [0.1, 0.15) is 33.1 Å². The van der Waals surface area contributed by atoms with E-state index in [2.05, 4.69) is 47.4 Å². The Balaban J connectivity index is 1.80. The molecule has 6 nitrogen and oxygen atoms in total. The van der Waals surface area contributed by atoms with E-state index in [9.17, 15) is 4.79 Å². The molecule has 2 aromatic heterocycles. The monoisotopic (exact) mass is 479 g/mol. The summed E-state index contributed by atoms with van der Waals surface area (Å²) in [6, 6.07) is 7.75. The van der Waals surface area contributed by atoms with E-state index < -0.39 is 0 Å². The standard InChI is InChI=1S/C18H19Br2N5O/c1-10-15(19)12(3)25(22-10)9-13-6-5-7-14(8-13)21-18(26)17-16(20)11(2)24(4)23-17/h5-8H,9H2,1-4H3,(H,21,26). The minimum atomic E-state index is -0.244. The number of carbonyl (C=O) groups excluding carboxylic acids is 1. The van der Waals surface area contributed by atoms with Crippen molar-refractivity contribution >= 4 is 43.5 Å². The van der Waals surface area contributed by atoms with E-state index in [1.807, 2.05) is 56.8 Å². The second-order valence-electron chi connectivity index (χ2n) is 6.17. The third-order valence-electron chi connectivity index (χ3n) is 4.29. The van der Waals surface area contributed by atoms with Crippen LogP contribution in [0.5, 0.6) is 0 Å².